The topological polar surface area (TPSA) is 72.8 Å². The van der Waals surface area contributed by atoms with Gasteiger partial charge in [-0.25, -0.2) is 0 Å². The number of nitrogens with one attached hydrogen (secondary N) is 1. The fourth-order valence-corrected chi connectivity index (χ4v) is 2.34. The van der Waals surface area contributed by atoms with Gasteiger partial charge in [-0.1, -0.05) is 0 Å². The van der Waals surface area contributed by atoms with Crippen molar-refractivity contribution in [1.82, 2.24) is 9.58 Å². The molecule has 1 N–H and O–H groups in total. The highest BCUT2D eigenvalue weighted by atomic mass is 32.1. The number of nitrogens with zero attached hydrogens (tertiary/aromatic N) is 2. The lowest BCUT2D eigenvalue weighted by atomic mass is 10.2. The molecule has 3 rings (SSSR count). The number of carbonyl (C=O) groups excluding carboxylic acids is 1. The van der Waals surface area contributed by atoms with Gasteiger partial charge in [-0.3, -0.25) is 14.3 Å². The molecule has 0 saturated carbocycles. The minimum Gasteiger partial charge on any atom is -0.422 e. The van der Waals surface area contributed by atoms with Crippen molar-refractivity contribution in [3.8, 4) is 5.75 Å². The molecule has 7 nitrogen and oxygen atoms in total. The van der Waals surface area contributed by atoms with E-state index in [0.29, 0.717) is 19.8 Å². The maximum Gasteiger partial charge on any atom is 0.278 e. The van der Waals surface area contributed by atoms with Gasteiger partial charge in [-0.05, 0) is 0 Å². The van der Waals surface area contributed by atoms with E-state index in [1.807, 2.05) is 0 Å². The summed E-state index contributed by atoms with van der Waals surface area (Å²) in [5.41, 5.74) is 2.86. The molecule has 0 spiro atoms. The molecule has 3 heterocycles. The van der Waals surface area contributed by atoms with Crippen LogP contribution in [0.15, 0.2) is 17.1 Å². The van der Waals surface area contributed by atoms with E-state index in [0.717, 1.165) is 0 Å². The highest BCUT2D eigenvalue weighted by molar-refractivity contribution is 7.75. The zero-order valence-electron chi connectivity index (χ0n) is 9.33. The average Bonchev–Trinajstić information content (AvgIpc) is 2.40. The predicted octanol–water partition coefficient (Wildman–Crippen LogP) is -0.573. The molecule has 18 heavy (non-hydrogen) atoms. The predicted molar refractivity (Wildman–Crippen MR) is 65.3 cm³/mol. The summed E-state index contributed by atoms with van der Waals surface area (Å²) in [5.74, 6) is -0.327. The summed E-state index contributed by atoms with van der Waals surface area (Å²) < 4.78 is 11.5. The summed E-state index contributed by atoms with van der Waals surface area (Å²) in [6.45, 7) is 1.37. The molecular weight excluding hydrogens is 258 g/mol. The van der Waals surface area contributed by atoms with Gasteiger partial charge in [0.2, 0.25) is 11.2 Å². The number of morpholine rings is 1. The third kappa shape index (κ3) is 1.57. The number of fused-ring (bicyclic) bond motifs is 2. The van der Waals surface area contributed by atoms with Crippen molar-refractivity contribution in [2.75, 3.05) is 25.2 Å². The number of hydrogen-bond acceptors (Lipinski definition) is 6. The van der Waals surface area contributed by atoms with E-state index in [1.165, 1.54) is 16.9 Å². The molecule has 0 radical (unpaired) electrons. The Kier molecular flexibility index (Phi) is 2.67. The first-order chi connectivity index (χ1) is 8.72. The van der Waals surface area contributed by atoms with Crippen LogP contribution >= 0.6 is 12.9 Å². The molecule has 0 bridgehead atoms. The molecule has 2 aliphatic heterocycles. The van der Waals surface area contributed by atoms with Crippen LogP contribution in [0.3, 0.4) is 0 Å². The Bertz CT molecular complexity index is 559. The van der Waals surface area contributed by atoms with Crippen LogP contribution in [-0.2, 0) is 4.74 Å². The molecule has 1 atom stereocenters. The molecule has 1 unspecified atom stereocenters. The maximum atomic E-state index is 12.3. The molecule has 0 aliphatic carbocycles. The van der Waals surface area contributed by atoms with E-state index in [1.54, 1.807) is 4.90 Å². The normalized spacial score (nSPS) is 21.9. The van der Waals surface area contributed by atoms with Crippen molar-refractivity contribution in [3.05, 3.63) is 28.2 Å². The zero-order chi connectivity index (χ0) is 12.7. The number of pyridine rings is 1. The second-order valence-corrected chi connectivity index (χ2v) is 4.22. The number of thiol groups is 1. The lowest BCUT2D eigenvalue weighted by molar-refractivity contribution is -0.00300. The number of carbonyl (C=O) groups is 1. The highest BCUT2D eigenvalue weighted by Gasteiger charge is 2.36. The van der Waals surface area contributed by atoms with Crippen LogP contribution in [0.4, 0.5) is 0 Å². The number of rotatable bonds is 1. The van der Waals surface area contributed by atoms with Crippen molar-refractivity contribution in [3.63, 3.8) is 0 Å². The van der Waals surface area contributed by atoms with Gasteiger partial charge in [0.1, 0.15) is 6.17 Å². The molecule has 96 valence electrons. The quantitative estimate of drug-likeness (QED) is 0.527. The Labute approximate surface area is 108 Å². The Morgan fingerprint density at radius 1 is 1.50 bits per heavy atom. The summed E-state index contributed by atoms with van der Waals surface area (Å²) in [6.07, 6.45) is 1.27. The Morgan fingerprint density at radius 2 is 2.33 bits per heavy atom. The fraction of sp³-hybridized carbons (Fsp3) is 0.400. The molecule has 0 aromatic carbocycles. The summed E-state index contributed by atoms with van der Waals surface area (Å²) in [4.78, 5) is 25.6. The van der Waals surface area contributed by atoms with Gasteiger partial charge in [0.15, 0.2) is 5.69 Å². The molecule has 1 aromatic rings. The first-order valence-corrected chi connectivity index (χ1v) is 5.81. The number of amides is 1. The fourth-order valence-electron chi connectivity index (χ4n) is 2.16. The van der Waals surface area contributed by atoms with Gasteiger partial charge in [0, 0.05) is 31.7 Å². The van der Waals surface area contributed by atoms with Crippen LogP contribution in [-0.4, -0.2) is 41.4 Å². The van der Waals surface area contributed by atoms with E-state index in [2.05, 4.69) is 18.3 Å². The van der Waals surface area contributed by atoms with Crippen LogP contribution < -0.4 is 15.0 Å². The van der Waals surface area contributed by atoms with Crippen LogP contribution in [0.25, 0.3) is 0 Å². The Balaban J connectivity index is 2.13. The van der Waals surface area contributed by atoms with Gasteiger partial charge in [-0.15, -0.1) is 0 Å². The maximum absolute atomic E-state index is 12.3. The van der Waals surface area contributed by atoms with Gasteiger partial charge in [-0.2, -0.15) is 0 Å². The zero-order valence-corrected chi connectivity index (χ0v) is 10.2. The number of ether oxygens (including phenoxy) is 1. The first kappa shape index (κ1) is 11.4. The smallest absolute Gasteiger partial charge is 0.278 e. The van der Waals surface area contributed by atoms with Gasteiger partial charge >= 0.3 is 0 Å². The standard InChI is InChI=1S/C10H11N3O4S/c14-6-1-2-13-8(9(6)17-18)10(15)12-3-4-16-5-7(12)11-13/h1-2,7,11,18H,3-5H2. The van der Waals surface area contributed by atoms with Crippen LogP contribution in [0.1, 0.15) is 10.5 Å². The van der Waals surface area contributed by atoms with Crippen LogP contribution in [0.5, 0.6) is 5.75 Å². The second kappa shape index (κ2) is 4.21. The minimum atomic E-state index is -0.377. The van der Waals surface area contributed by atoms with Crippen molar-refractivity contribution in [2.45, 2.75) is 6.17 Å². The molecule has 8 heteroatoms. The third-order valence-electron chi connectivity index (χ3n) is 3.03. The van der Waals surface area contributed by atoms with Crippen LogP contribution in [0.2, 0.25) is 0 Å². The Morgan fingerprint density at radius 3 is 3.11 bits per heavy atom. The van der Waals surface area contributed by atoms with Crippen molar-refractivity contribution >= 4 is 18.8 Å². The van der Waals surface area contributed by atoms with Crippen molar-refractivity contribution < 1.29 is 13.7 Å². The first-order valence-electron chi connectivity index (χ1n) is 5.44. The summed E-state index contributed by atoms with van der Waals surface area (Å²) in [5, 5.41) is 0. The highest BCUT2D eigenvalue weighted by Crippen LogP contribution is 2.22. The van der Waals surface area contributed by atoms with Crippen molar-refractivity contribution in [2.24, 2.45) is 0 Å². The summed E-state index contributed by atoms with van der Waals surface area (Å²) in [6, 6.07) is 1.31. The molecule has 1 fully saturated rings. The van der Waals surface area contributed by atoms with E-state index < -0.39 is 0 Å². The summed E-state index contributed by atoms with van der Waals surface area (Å²) >= 11 is 3.64. The second-order valence-electron chi connectivity index (χ2n) is 4.04. The SMILES string of the molecule is O=C1c2c(OS)c(=O)ccn2NC2COCCN12. The molecule has 1 saturated heterocycles. The molecule has 1 amide bonds. The lowest BCUT2D eigenvalue weighted by Crippen LogP contribution is -2.59. The molecule has 1 aromatic heterocycles. The minimum absolute atomic E-state index is 0.0664. The average molecular weight is 269 g/mol. The van der Waals surface area contributed by atoms with Gasteiger partial charge < -0.3 is 19.2 Å². The van der Waals surface area contributed by atoms with Crippen LogP contribution in [0, 0.1) is 0 Å². The van der Waals surface area contributed by atoms with E-state index in [9.17, 15) is 9.59 Å². The molecular formula is C10H11N3O4S. The monoisotopic (exact) mass is 269 g/mol. The number of hydrogen-bond donors (Lipinski definition) is 2. The third-order valence-corrected chi connectivity index (χ3v) is 3.21. The van der Waals surface area contributed by atoms with E-state index >= 15 is 0 Å². The largest absolute Gasteiger partial charge is 0.422 e. The van der Waals surface area contributed by atoms with E-state index in [4.69, 9.17) is 8.92 Å². The van der Waals surface area contributed by atoms with Crippen molar-refractivity contribution in [1.29, 1.82) is 0 Å². The summed E-state index contributed by atoms with van der Waals surface area (Å²) in [7, 11) is 0. The number of aromatic nitrogens is 1. The van der Waals surface area contributed by atoms with E-state index in [-0.39, 0.29) is 28.9 Å². The Hall–Kier alpha value is -1.67. The van der Waals surface area contributed by atoms with Gasteiger partial charge in [0.05, 0.1) is 13.2 Å². The molecule has 2 aliphatic rings. The lowest BCUT2D eigenvalue weighted by Gasteiger charge is -2.41. The van der Waals surface area contributed by atoms with Gasteiger partial charge in [0.25, 0.3) is 5.91 Å².